The highest BCUT2D eigenvalue weighted by atomic mass is 79.9. The van der Waals surface area contributed by atoms with Gasteiger partial charge in [0.1, 0.15) is 11.4 Å². The number of nitrogens with one attached hydrogen (secondary N) is 1. The first kappa shape index (κ1) is 23.3. The number of hydrogen-bond acceptors (Lipinski definition) is 3. The number of H-pyrrole nitrogens is 1. The molecule has 5 nitrogen and oxygen atoms in total. The van der Waals surface area contributed by atoms with Crippen molar-refractivity contribution in [1.29, 1.82) is 0 Å². The molecule has 1 fully saturated rings. The molecule has 0 bridgehead atoms. The molecule has 1 atom stereocenters. The minimum atomic E-state index is -0.513. The summed E-state index contributed by atoms with van der Waals surface area (Å²) in [7, 11) is 0. The number of likely N-dealkylation sites (tertiary alicyclic amines) is 1. The maximum atomic E-state index is 12.8. The Kier molecular flexibility index (Phi) is 5.67. The van der Waals surface area contributed by atoms with Crippen LogP contribution in [0.2, 0.25) is 0 Å². The van der Waals surface area contributed by atoms with Crippen LogP contribution in [0.4, 0.5) is 4.79 Å². The third kappa shape index (κ3) is 4.32. The minimum Gasteiger partial charge on any atom is -0.444 e. The molecule has 1 saturated heterocycles. The van der Waals surface area contributed by atoms with Gasteiger partial charge in [-0.05, 0) is 104 Å². The van der Waals surface area contributed by atoms with Gasteiger partial charge in [-0.15, -0.1) is 0 Å². The molecule has 36 heavy (non-hydrogen) atoms. The molecular formula is C30H30BrN3O2. The van der Waals surface area contributed by atoms with Crippen LogP contribution in [0.5, 0.6) is 0 Å². The van der Waals surface area contributed by atoms with Crippen LogP contribution in [-0.2, 0) is 17.6 Å². The lowest BCUT2D eigenvalue weighted by Gasteiger charge is -2.27. The van der Waals surface area contributed by atoms with Crippen molar-refractivity contribution < 1.29 is 9.53 Å². The maximum absolute atomic E-state index is 12.8. The summed E-state index contributed by atoms with van der Waals surface area (Å²) in [5.41, 5.74) is 9.25. The number of benzene rings is 3. The average molecular weight is 544 g/mol. The molecule has 1 aliphatic carbocycles. The van der Waals surface area contributed by atoms with E-state index in [0.29, 0.717) is 6.54 Å². The van der Waals surface area contributed by atoms with Gasteiger partial charge in [-0.3, -0.25) is 4.90 Å². The van der Waals surface area contributed by atoms with Crippen molar-refractivity contribution >= 4 is 33.1 Å². The molecule has 1 aliphatic heterocycles. The zero-order valence-corrected chi connectivity index (χ0v) is 22.5. The summed E-state index contributed by atoms with van der Waals surface area (Å²) in [6.45, 7) is 6.39. The van der Waals surface area contributed by atoms with Crippen molar-refractivity contribution in [3.8, 4) is 22.3 Å². The number of aryl methyl sites for hydroxylation is 2. The van der Waals surface area contributed by atoms with Crippen molar-refractivity contribution in [2.45, 2.75) is 58.1 Å². The van der Waals surface area contributed by atoms with Gasteiger partial charge in [-0.1, -0.05) is 46.3 Å². The number of aromatic nitrogens is 2. The first-order valence-corrected chi connectivity index (χ1v) is 13.5. The van der Waals surface area contributed by atoms with Crippen molar-refractivity contribution in [3.05, 3.63) is 76.0 Å². The van der Waals surface area contributed by atoms with E-state index in [9.17, 15) is 4.79 Å². The summed E-state index contributed by atoms with van der Waals surface area (Å²) in [6, 6.07) is 19.7. The topological polar surface area (TPSA) is 58.2 Å². The van der Waals surface area contributed by atoms with Crippen LogP contribution in [0.25, 0.3) is 33.3 Å². The maximum Gasteiger partial charge on any atom is 0.410 e. The SMILES string of the molecule is CC(C)(C)OC(=O)N1CCC[C@H]1c1nc2ccc(-c3ccc4c(c3)CCc3cc(Br)ccc3-4)cc2[nH]1. The molecule has 6 heteroatoms. The van der Waals surface area contributed by atoms with Crippen LogP contribution in [0.3, 0.4) is 0 Å². The van der Waals surface area contributed by atoms with Gasteiger partial charge in [0.05, 0.1) is 17.1 Å². The second-order valence-corrected chi connectivity index (χ2v) is 11.8. The molecule has 1 N–H and O–H groups in total. The number of carbonyl (C=O) groups is 1. The largest absolute Gasteiger partial charge is 0.444 e. The van der Waals surface area contributed by atoms with Gasteiger partial charge in [0, 0.05) is 11.0 Å². The van der Waals surface area contributed by atoms with Crippen LogP contribution in [0.15, 0.2) is 59.1 Å². The van der Waals surface area contributed by atoms with E-state index in [1.165, 1.54) is 27.8 Å². The van der Waals surface area contributed by atoms with E-state index in [1.807, 2.05) is 25.7 Å². The predicted molar refractivity (Wildman–Crippen MR) is 147 cm³/mol. The lowest BCUT2D eigenvalue weighted by atomic mass is 9.84. The van der Waals surface area contributed by atoms with Gasteiger partial charge in [-0.2, -0.15) is 0 Å². The molecule has 0 spiro atoms. The van der Waals surface area contributed by atoms with Gasteiger partial charge in [0.15, 0.2) is 0 Å². The van der Waals surface area contributed by atoms with Crippen LogP contribution in [0, 0.1) is 0 Å². The van der Waals surface area contributed by atoms with Crippen molar-refractivity contribution in [2.75, 3.05) is 6.54 Å². The lowest BCUT2D eigenvalue weighted by Crippen LogP contribution is -2.36. The molecule has 1 amide bonds. The number of carbonyl (C=O) groups excluding carboxylic acids is 1. The number of halogens is 1. The summed E-state index contributed by atoms with van der Waals surface area (Å²) in [5, 5.41) is 0. The Bertz CT molecular complexity index is 1480. The van der Waals surface area contributed by atoms with Crippen LogP contribution < -0.4 is 0 Å². The van der Waals surface area contributed by atoms with Crippen LogP contribution >= 0.6 is 15.9 Å². The van der Waals surface area contributed by atoms with E-state index < -0.39 is 5.60 Å². The van der Waals surface area contributed by atoms with E-state index in [0.717, 1.165) is 52.6 Å². The molecule has 2 heterocycles. The number of nitrogens with zero attached hydrogens (tertiary/aromatic N) is 2. The molecule has 0 radical (unpaired) electrons. The average Bonchev–Trinajstić information content (AvgIpc) is 3.49. The molecular weight excluding hydrogens is 514 g/mol. The Hall–Kier alpha value is -3.12. The summed E-state index contributed by atoms with van der Waals surface area (Å²) >= 11 is 3.60. The summed E-state index contributed by atoms with van der Waals surface area (Å²) < 4.78 is 6.78. The number of aromatic amines is 1. The number of hydrogen-bond donors (Lipinski definition) is 1. The second-order valence-electron chi connectivity index (χ2n) is 10.9. The monoisotopic (exact) mass is 543 g/mol. The third-order valence-corrected chi connectivity index (χ3v) is 7.65. The van der Waals surface area contributed by atoms with Gasteiger partial charge >= 0.3 is 6.09 Å². The number of fused-ring (bicyclic) bond motifs is 4. The Morgan fingerprint density at radius 3 is 2.47 bits per heavy atom. The third-order valence-electron chi connectivity index (χ3n) is 7.16. The van der Waals surface area contributed by atoms with Gasteiger partial charge in [0.25, 0.3) is 0 Å². The molecule has 3 aromatic carbocycles. The fourth-order valence-corrected chi connectivity index (χ4v) is 5.91. The van der Waals surface area contributed by atoms with E-state index in [2.05, 4.69) is 75.5 Å². The first-order chi connectivity index (χ1) is 17.2. The summed E-state index contributed by atoms with van der Waals surface area (Å²) in [5.74, 6) is 0.832. The second kappa shape index (κ2) is 8.77. The Morgan fingerprint density at radius 2 is 1.69 bits per heavy atom. The van der Waals surface area contributed by atoms with Crippen LogP contribution in [-0.4, -0.2) is 33.1 Å². The first-order valence-electron chi connectivity index (χ1n) is 12.7. The molecule has 0 saturated carbocycles. The highest BCUT2D eigenvalue weighted by Crippen LogP contribution is 2.38. The number of ether oxygens (including phenoxy) is 1. The minimum absolute atomic E-state index is 0.0838. The fraction of sp³-hybridized carbons (Fsp3) is 0.333. The molecule has 2 aliphatic rings. The Morgan fingerprint density at radius 1 is 1.00 bits per heavy atom. The smallest absolute Gasteiger partial charge is 0.410 e. The molecule has 0 unspecified atom stereocenters. The zero-order chi connectivity index (χ0) is 25.0. The lowest BCUT2D eigenvalue weighted by molar-refractivity contribution is 0.0219. The van der Waals surface area contributed by atoms with Crippen molar-refractivity contribution in [1.82, 2.24) is 14.9 Å². The van der Waals surface area contributed by atoms with E-state index >= 15 is 0 Å². The van der Waals surface area contributed by atoms with Crippen molar-refractivity contribution in [2.24, 2.45) is 0 Å². The highest BCUT2D eigenvalue weighted by molar-refractivity contribution is 9.10. The highest BCUT2D eigenvalue weighted by Gasteiger charge is 2.35. The predicted octanol–water partition coefficient (Wildman–Crippen LogP) is 7.83. The van der Waals surface area contributed by atoms with E-state index in [4.69, 9.17) is 9.72 Å². The molecule has 184 valence electrons. The molecule has 4 aromatic rings. The standard InChI is InChI=1S/C30H30BrN3O2/c1-30(2,3)36-29(35)34-14-4-5-27(34)28-32-25-13-9-19(17-26(25)33-28)18-8-11-23-20(15-18)6-7-21-16-22(31)10-12-24(21)23/h8-13,15-17,27H,4-7,14H2,1-3H3,(H,32,33)/t27-/m0/s1. The van der Waals surface area contributed by atoms with Gasteiger partial charge in [-0.25, -0.2) is 9.78 Å². The normalized spacial score (nSPS) is 17.2. The van der Waals surface area contributed by atoms with E-state index in [1.54, 1.807) is 0 Å². The summed E-state index contributed by atoms with van der Waals surface area (Å²) in [4.78, 5) is 22.9. The Labute approximate surface area is 220 Å². The summed E-state index contributed by atoms with van der Waals surface area (Å²) in [6.07, 6.45) is 3.67. The molecule has 6 rings (SSSR count). The van der Waals surface area contributed by atoms with Gasteiger partial charge in [0.2, 0.25) is 0 Å². The number of amides is 1. The number of rotatable bonds is 2. The zero-order valence-electron chi connectivity index (χ0n) is 20.9. The van der Waals surface area contributed by atoms with Crippen molar-refractivity contribution in [3.63, 3.8) is 0 Å². The Balaban J connectivity index is 1.29. The quantitative estimate of drug-likeness (QED) is 0.280. The molecule has 1 aromatic heterocycles. The van der Waals surface area contributed by atoms with E-state index in [-0.39, 0.29) is 12.1 Å². The number of imidazole rings is 1. The van der Waals surface area contributed by atoms with Gasteiger partial charge < -0.3 is 9.72 Å². The van der Waals surface area contributed by atoms with Crippen LogP contribution in [0.1, 0.15) is 56.6 Å². The fourth-order valence-electron chi connectivity index (χ4n) is 5.50.